The third kappa shape index (κ3) is 4.03. The number of benzene rings is 2. The number of carbonyl (C=O) groups excluding carboxylic acids is 1. The van der Waals surface area contributed by atoms with Crippen LogP contribution in [0.1, 0.15) is 34.7 Å². The second kappa shape index (κ2) is 8.74. The number of amides is 1. The fourth-order valence-corrected chi connectivity index (χ4v) is 4.13. The summed E-state index contributed by atoms with van der Waals surface area (Å²) in [5, 5.41) is 7.57. The van der Waals surface area contributed by atoms with Gasteiger partial charge in [-0.1, -0.05) is 36.4 Å². The summed E-state index contributed by atoms with van der Waals surface area (Å²) in [4.78, 5) is 21.2. The molecule has 5 rings (SSSR count). The van der Waals surface area contributed by atoms with Crippen LogP contribution in [-0.2, 0) is 11.4 Å². The highest BCUT2D eigenvalue weighted by Crippen LogP contribution is 2.42. The lowest BCUT2D eigenvalue weighted by atomic mass is 9.85. The Balaban J connectivity index is 1.49. The number of hydrogen-bond donors (Lipinski definition) is 1. The van der Waals surface area contributed by atoms with E-state index in [1.807, 2.05) is 55.5 Å². The van der Waals surface area contributed by atoms with Crippen molar-refractivity contribution in [3.8, 4) is 17.4 Å². The van der Waals surface area contributed by atoms with Gasteiger partial charge in [-0.15, -0.1) is 0 Å². The Hall–Kier alpha value is -4.20. The van der Waals surface area contributed by atoms with Crippen LogP contribution in [0, 0.1) is 6.92 Å². The topological polar surface area (TPSA) is 91.2 Å². The van der Waals surface area contributed by atoms with Gasteiger partial charge in [0.2, 0.25) is 5.91 Å². The van der Waals surface area contributed by atoms with Gasteiger partial charge in [0, 0.05) is 30.3 Å². The van der Waals surface area contributed by atoms with Gasteiger partial charge in [-0.05, 0) is 36.2 Å². The maximum absolute atomic E-state index is 12.6. The quantitative estimate of drug-likeness (QED) is 0.486. The van der Waals surface area contributed by atoms with Crippen molar-refractivity contribution in [3.63, 3.8) is 0 Å². The summed E-state index contributed by atoms with van der Waals surface area (Å²) in [6.45, 7) is 2.37. The lowest BCUT2D eigenvalue weighted by Gasteiger charge is -2.25. The van der Waals surface area contributed by atoms with Gasteiger partial charge < -0.3 is 14.8 Å². The van der Waals surface area contributed by atoms with Gasteiger partial charge >= 0.3 is 0 Å². The summed E-state index contributed by atoms with van der Waals surface area (Å²) < 4.78 is 13.2. The number of methoxy groups -OCH3 is 1. The molecule has 3 heterocycles. The second-order valence-electron chi connectivity index (χ2n) is 7.80. The van der Waals surface area contributed by atoms with Gasteiger partial charge in [0.1, 0.15) is 12.4 Å². The van der Waals surface area contributed by atoms with Crippen molar-refractivity contribution >= 4 is 11.7 Å². The molecule has 33 heavy (non-hydrogen) atoms. The van der Waals surface area contributed by atoms with Gasteiger partial charge in [0.15, 0.2) is 11.5 Å². The van der Waals surface area contributed by atoms with Crippen molar-refractivity contribution in [2.75, 3.05) is 12.4 Å². The van der Waals surface area contributed by atoms with Crippen molar-refractivity contribution < 1.29 is 14.3 Å². The molecular weight excluding hydrogens is 418 g/mol. The zero-order valence-corrected chi connectivity index (χ0v) is 18.4. The number of carbonyl (C=O) groups is 1. The highest BCUT2D eigenvalue weighted by molar-refractivity contribution is 5.95. The number of fused-ring (bicyclic) bond motifs is 1. The number of nitrogens with one attached hydrogen (secondary N) is 1. The molecule has 0 radical (unpaired) electrons. The van der Waals surface area contributed by atoms with Crippen molar-refractivity contribution in [2.24, 2.45) is 0 Å². The molecule has 0 unspecified atom stereocenters. The Morgan fingerprint density at radius 2 is 1.85 bits per heavy atom. The zero-order chi connectivity index (χ0) is 22.8. The Labute approximate surface area is 191 Å². The third-order valence-corrected chi connectivity index (χ3v) is 5.67. The molecule has 0 bridgehead atoms. The molecule has 8 nitrogen and oxygen atoms in total. The van der Waals surface area contributed by atoms with Crippen LogP contribution in [0.4, 0.5) is 5.82 Å². The summed E-state index contributed by atoms with van der Waals surface area (Å²) in [6.07, 6.45) is 3.60. The Kier molecular flexibility index (Phi) is 5.48. The first-order valence-corrected chi connectivity index (χ1v) is 10.7. The summed E-state index contributed by atoms with van der Waals surface area (Å²) in [6, 6.07) is 17.5. The van der Waals surface area contributed by atoms with E-state index >= 15 is 0 Å². The summed E-state index contributed by atoms with van der Waals surface area (Å²) in [7, 11) is 1.61. The molecule has 4 aromatic rings. The van der Waals surface area contributed by atoms with Crippen molar-refractivity contribution in [3.05, 3.63) is 89.4 Å². The van der Waals surface area contributed by atoms with Crippen LogP contribution >= 0.6 is 0 Å². The fourth-order valence-electron chi connectivity index (χ4n) is 4.13. The molecule has 1 aliphatic heterocycles. The minimum absolute atomic E-state index is 0.0899. The molecular formula is C25H23N5O3. The van der Waals surface area contributed by atoms with Gasteiger partial charge in [0.25, 0.3) is 5.95 Å². The van der Waals surface area contributed by atoms with E-state index in [4.69, 9.17) is 9.47 Å². The van der Waals surface area contributed by atoms with Crippen molar-refractivity contribution in [1.29, 1.82) is 0 Å². The van der Waals surface area contributed by atoms with E-state index in [1.165, 1.54) is 0 Å². The minimum atomic E-state index is -0.178. The number of hydrogen-bond acceptors (Lipinski definition) is 6. The van der Waals surface area contributed by atoms with E-state index < -0.39 is 0 Å². The average Bonchev–Trinajstić information content (AvgIpc) is 3.19. The van der Waals surface area contributed by atoms with Crippen LogP contribution < -0.4 is 14.8 Å². The third-order valence-electron chi connectivity index (χ3n) is 5.67. The lowest BCUT2D eigenvalue weighted by molar-refractivity contribution is -0.116. The molecule has 2 aromatic carbocycles. The standard InChI is InChI=1S/C25H23N5O3/c1-16-23-19(14-22(31)28-24(23)30(29-16)25-26-11-6-12-27-25)18-9-10-20(21(13-18)32-2)33-15-17-7-4-3-5-8-17/h3-13,19H,14-15H2,1-2H3,(H,28,31)/t19-/m1/s1. The first kappa shape index (κ1) is 20.7. The first-order chi connectivity index (χ1) is 16.1. The molecule has 1 N–H and O–H groups in total. The van der Waals surface area contributed by atoms with Crippen LogP contribution in [0.15, 0.2) is 67.0 Å². The van der Waals surface area contributed by atoms with Gasteiger partial charge in [-0.3, -0.25) is 4.79 Å². The normalized spacial score (nSPS) is 15.0. The predicted molar refractivity (Wildman–Crippen MR) is 123 cm³/mol. The molecule has 2 aromatic heterocycles. The summed E-state index contributed by atoms with van der Waals surface area (Å²) >= 11 is 0. The zero-order valence-electron chi connectivity index (χ0n) is 18.4. The van der Waals surface area contributed by atoms with E-state index in [1.54, 1.807) is 30.3 Å². The van der Waals surface area contributed by atoms with E-state index in [-0.39, 0.29) is 11.8 Å². The SMILES string of the molecule is COc1cc([C@H]2CC(=O)Nc3c2c(C)nn3-c2ncccn2)ccc1OCc1ccccc1. The lowest BCUT2D eigenvalue weighted by Crippen LogP contribution is -2.25. The summed E-state index contributed by atoms with van der Waals surface area (Å²) in [5.74, 6) is 2.01. The molecule has 1 atom stereocenters. The van der Waals surface area contributed by atoms with Crippen LogP contribution in [0.5, 0.6) is 11.5 Å². The van der Waals surface area contributed by atoms with Gasteiger partial charge in [-0.25, -0.2) is 9.97 Å². The molecule has 8 heteroatoms. The predicted octanol–water partition coefficient (Wildman–Crippen LogP) is 4.03. The van der Waals surface area contributed by atoms with Crippen LogP contribution in [0.25, 0.3) is 5.95 Å². The van der Waals surface area contributed by atoms with Crippen LogP contribution in [0.2, 0.25) is 0 Å². The Bertz CT molecular complexity index is 1290. The number of ether oxygens (including phenoxy) is 2. The molecule has 0 fully saturated rings. The highest BCUT2D eigenvalue weighted by Gasteiger charge is 2.33. The second-order valence-corrected chi connectivity index (χ2v) is 7.80. The smallest absolute Gasteiger partial charge is 0.252 e. The molecule has 1 aliphatic rings. The van der Waals surface area contributed by atoms with Crippen molar-refractivity contribution in [1.82, 2.24) is 19.7 Å². The number of anilines is 1. The maximum atomic E-state index is 12.6. The first-order valence-electron chi connectivity index (χ1n) is 10.7. The van der Waals surface area contributed by atoms with Gasteiger partial charge in [-0.2, -0.15) is 9.78 Å². The van der Waals surface area contributed by atoms with E-state index in [2.05, 4.69) is 20.4 Å². The average molecular weight is 441 g/mol. The highest BCUT2D eigenvalue weighted by atomic mass is 16.5. The molecule has 0 spiro atoms. The largest absolute Gasteiger partial charge is 0.493 e. The number of aromatic nitrogens is 4. The molecule has 0 saturated heterocycles. The molecule has 0 saturated carbocycles. The van der Waals surface area contributed by atoms with E-state index in [0.717, 1.165) is 22.4 Å². The molecule has 166 valence electrons. The summed E-state index contributed by atoms with van der Waals surface area (Å²) in [5.41, 5.74) is 3.78. The van der Waals surface area contributed by atoms with Crippen LogP contribution in [0.3, 0.4) is 0 Å². The van der Waals surface area contributed by atoms with Crippen LogP contribution in [-0.4, -0.2) is 32.8 Å². The minimum Gasteiger partial charge on any atom is -0.493 e. The monoisotopic (exact) mass is 441 g/mol. The Morgan fingerprint density at radius 3 is 2.61 bits per heavy atom. The fraction of sp³-hybridized carbons (Fsp3) is 0.200. The molecule has 0 aliphatic carbocycles. The van der Waals surface area contributed by atoms with E-state index in [9.17, 15) is 4.79 Å². The molecule has 1 amide bonds. The number of nitrogens with zero attached hydrogens (tertiary/aromatic N) is 4. The Morgan fingerprint density at radius 1 is 1.06 bits per heavy atom. The number of aryl methyl sites for hydroxylation is 1. The number of rotatable bonds is 6. The van der Waals surface area contributed by atoms with Crippen molar-refractivity contribution in [2.45, 2.75) is 25.9 Å². The van der Waals surface area contributed by atoms with Gasteiger partial charge in [0.05, 0.1) is 12.8 Å². The van der Waals surface area contributed by atoms with E-state index in [0.29, 0.717) is 36.3 Å². The maximum Gasteiger partial charge on any atom is 0.252 e.